The molecule has 0 unspecified atom stereocenters. The van der Waals surface area contributed by atoms with Crippen LogP contribution in [0, 0.1) is 19.8 Å². The van der Waals surface area contributed by atoms with Crippen molar-refractivity contribution in [1.82, 2.24) is 4.31 Å². The smallest absolute Gasteiger partial charge is 0.324 e. The normalized spacial score (nSPS) is 16.4. The molecule has 0 bridgehead atoms. The number of ether oxygens (including phenoxy) is 1. The third-order valence-electron chi connectivity index (χ3n) is 6.94. The van der Waals surface area contributed by atoms with E-state index >= 15 is 0 Å². The average Bonchev–Trinajstić information content (AvgIpc) is 2.92. The Labute approximate surface area is 236 Å². The molecule has 214 valence electrons. The predicted octanol–water partition coefficient (Wildman–Crippen LogP) is 4.18. The summed E-state index contributed by atoms with van der Waals surface area (Å²) in [7, 11) is -6.93. The molecule has 1 aliphatic rings. The lowest BCUT2D eigenvalue weighted by Crippen LogP contribution is -2.55. The summed E-state index contributed by atoms with van der Waals surface area (Å²) >= 11 is 0. The Balaban J connectivity index is 1.78. The zero-order valence-electron chi connectivity index (χ0n) is 23.2. The molecule has 1 N–H and O–H groups in total. The molecule has 0 saturated heterocycles. The highest BCUT2D eigenvalue weighted by Crippen LogP contribution is 2.36. The van der Waals surface area contributed by atoms with Crippen LogP contribution in [-0.2, 0) is 29.6 Å². The van der Waals surface area contributed by atoms with E-state index in [2.05, 4.69) is 5.32 Å². The summed E-state index contributed by atoms with van der Waals surface area (Å²) in [5.41, 5.74) is 2.82. The van der Waals surface area contributed by atoms with Crippen molar-refractivity contribution in [3.63, 3.8) is 0 Å². The van der Waals surface area contributed by atoms with Gasteiger partial charge in [-0.1, -0.05) is 61.4 Å². The first-order chi connectivity index (χ1) is 18.9. The number of sulfonamides is 2. The Morgan fingerprint density at radius 2 is 1.48 bits per heavy atom. The van der Waals surface area contributed by atoms with Crippen molar-refractivity contribution < 1.29 is 26.4 Å². The van der Waals surface area contributed by atoms with Crippen LogP contribution in [0.5, 0.6) is 0 Å². The Morgan fingerprint density at radius 3 is 2.02 bits per heavy atom. The number of benzene rings is 3. The Bertz CT molecular complexity index is 1570. The molecule has 0 radical (unpaired) electrons. The van der Waals surface area contributed by atoms with Gasteiger partial charge in [0, 0.05) is 6.54 Å². The summed E-state index contributed by atoms with van der Waals surface area (Å²) in [6.45, 7) is 6.99. The molecule has 0 spiro atoms. The largest absolute Gasteiger partial charge is 0.468 e. The van der Waals surface area contributed by atoms with Crippen LogP contribution in [0.25, 0.3) is 0 Å². The van der Waals surface area contributed by atoms with Gasteiger partial charge in [0.25, 0.3) is 10.0 Å². The van der Waals surface area contributed by atoms with Crippen LogP contribution in [0.3, 0.4) is 0 Å². The Hall–Kier alpha value is -3.41. The minimum absolute atomic E-state index is 0.0352. The van der Waals surface area contributed by atoms with Crippen molar-refractivity contribution in [3.8, 4) is 0 Å². The molecule has 0 saturated carbocycles. The van der Waals surface area contributed by atoms with Gasteiger partial charge in [0.1, 0.15) is 6.04 Å². The van der Waals surface area contributed by atoms with E-state index in [0.717, 1.165) is 15.4 Å². The van der Waals surface area contributed by atoms with Crippen molar-refractivity contribution in [3.05, 3.63) is 83.9 Å². The topological polar surface area (TPSA) is 113 Å². The van der Waals surface area contributed by atoms with Gasteiger partial charge in [-0.3, -0.25) is 9.10 Å². The first-order valence-electron chi connectivity index (χ1n) is 13.0. The molecule has 0 aromatic heterocycles. The van der Waals surface area contributed by atoms with E-state index in [1.165, 1.54) is 23.5 Å². The number of anilines is 2. The van der Waals surface area contributed by atoms with E-state index in [1.54, 1.807) is 74.5 Å². The Kier molecular flexibility index (Phi) is 8.57. The molecule has 0 aliphatic carbocycles. The number of carbonyl (C=O) groups excluding carboxylic acids is 1. The fourth-order valence-electron chi connectivity index (χ4n) is 4.81. The second kappa shape index (κ2) is 11.6. The second-order valence-electron chi connectivity index (χ2n) is 10.3. The number of hydrogen-bond acceptors (Lipinski definition) is 7. The fourth-order valence-corrected chi connectivity index (χ4v) is 8.10. The molecule has 0 amide bonds. The molecular weight excluding hydrogens is 550 g/mol. The van der Waals surface area contributed by atoms with Crippen LogP contribution < -0.4 is 9.62 Å². The van der Waals surface area contributed by atoms with E-state index in [0.29, 0.717) is 11.4 Å². The van der Waals surface area contributed by atoms with Crippen molar-refractivity contribution in [2.75, 3.05) is 29.8 Å². The molecule has 3 aromatic rings. The minimum atomic E-state index is -4.18. The predicted molar refractivity (Wildman–Crippen MR) is 155 cm³/mol. The van der Waals surface area contributed by atoms with E-state index in [9.17, 15) is 21.6 Å². The summed E-state index contributed by atoms with van der Waals surface area (Å²) in [5, 5.41) is 3.31. The number of hydrogen-bond donors (Lipinski definition) is 1. The molecule has 2 atom stereocenters. The average molecular weight is 586 g/mol. The fraction of sp³-hybridized carbons (Fsp3) is 0.345. The molecule has 11 heteroatoms. The number of para-hydroxylation sites is 2. The number of esters is 1. The van der Waals surface area contributed by atoms with Crippen LogP contribution in [-0.4, -0.2) is 59.4 Å². The van der Waals surface area contributed by atoms with Gasteiger partial charge >= 0.3 is 5.97 Å². The summed E-state index contributed by atoms with van der Waals surface area (Å²) in [6.07, 6.45) is 0. The molecule has 40 heavy (non-hydrogen) atoms. The number of nitrogens with one attached hydrogen (secondary N) is 1. The Morgan fingerprint density at radius 1 is 0.925 bits per heavy atom. The van der Waals surface area contributed by atoms with Crippen molar-refractivity contribution in [2.45, 2.75) is 49.6 Å². The lowest BCUT2D eigenvalue weighted by Gasteiger charge is -2.40. The SMILES string of the molecule is COC(=O)[C@H](C(C)C)N(C[C@@H]1CN(S(=O)(=O)c2ccc(C)cc2)c2ccccc2N1)S(=O)(=O)c1ccc(C)cc1. The molecule has 1 aliphatic heterocycles. The van der Waals surface area contributed by atoms with Gasteiger partial charge < -0.3 is 10.1 Å². The third-order valence-corrected chi connectivity index (χ3v) is 10.6. The third kappa shape index (κ3) is 5.86. The first kappa shape index (κ1) is 29.6. The summed E-state index contributed by atoms with van der Waals surface area (Å²) in [5.74, 6) is -1.11. The van der Waals surface area contributed by atoms with Gasteiger partial charge in [0.15, 0.2) is 0 Å². The van der Waals surface area contributed by atoms with Crippen LogP contribution >= 0.6 is 0 Å². The molecule has 3 aromatic carbocycles. The number of rotatable bonds is 9. The van der Waals surface area contributed by atoms with Crippen molar-refractivity contribution in [1.29, 1.82) is 0 Å². The minimum Gasteiger partial charge on any atom is -0.468 e. The van der Waals surface area contributed by atoms with Gasteiger partial charge in [-0.25, -0.2) is 16.8 Å². The van der Waals surface area contributed by atoms with E-state index in [-0.39, 0.29) is 22.9 Å². The standard InChI is InChI=1S/C29H35N3O6S2/c1-20(2)28(29(33)38-5)32(40(36,37)25-16-12-22(4)13-17-25)19-23-18-31(27-9-7-6-8-26(27)30-23)39(34,35)24-14-10-21(3)11-15-24/h6-17,20,23,28,30H,18-19H2,1-5H3/t23-,28-/m0/s1. The van der Waals surface area contributed by atoms with E-state index in [4.69, 9.17) is 4.74 Å². The molecule has 4 rings (SSSR count). The van der Waals surface area contributed by atoms with Crippen molar-refractivity contribution in [2.24, 2.45) is 5.92 Å². The summed E-state index contributed by atoms with van der Waals surface area (Å²) < 4.78 is 63.2. The highest BCUT2D eigenvalue weighted by molar-refractivity contribution is 7.92. The highest BCUT2D eigenvalue weighted by atomic mass is 32.2. The lowest BCUT2D eigenvalue weighted by molar-refractivity contribution is -0.146. The van der Waals surface area contributed by atoms with Crippen LogP contribution in [0.1, 0.15) is 25.0 Å². The van der Waals surface area contributed by atoms with Crippen LogP contribution in [0.2, 0.25) is 0 Å². The van der Waals surface area contributed by atoms with Gasteiger partial charge in [-0.15, -0.1) is 0 Å². The molecule has 9 nitrogen and oxygen atoms in total. The quantitative estimate of drug-likeness (QED) is 0.375. The zero-order chi connectivity index (χ0) is 29.2. The van der Waals surface area contributed by atoms with E-state index < -0.39 is 44.0 Å². The number of nitrogens with zero attached hydrogens (tertiary/aromatic N) is 2. The zero-order valence-corrected chi connectivity index (χ0v) is 24.9. The number of carbonyl (C=O) groups is 1. The second-order valence-corrected chi connectivity index (χ2v) is 14.1. The van der Waals surface area contributed by atoms with Crippen molar-refractivity contribution >= 4 is 37.4 Å². The molecule has 1 heterocycles. The monoisotopic (exact) mass is 585 g/mol. The maximum atomic E-state index is 14.0. The van der Waals surface area contributed by atoms with Gasteiger partial charge in [0.2, 0.25) is 10.0 Å². The molecule has 0 fully saturated rings. The van der Waals surface area contributed by atoms with Crippen LogP contribution in [0.15, 0.2) is 82.6 Å². The highest BCUT2D eigenvalue weighted by Gasteiger charge is 2.42. The first-order valence-corrected chi connectivity index (χ1v) is 15.9. The number of aryl methyl sites for hydroxylation is 2. The summed E-state index contributed by atoms with van der Waals surface area (Å²) in [6, 6.07) is 18.2. The maximum Gasteiger partial charge on any atom is 0.324 e. The van der Waals surface area contributed by atoms with Gasteiger partial charge in [-0.05, 0) is 56.2 Å². The number of fused-ring (bicyclic) bond motifs is 1. The summed E-state index contributed by atoms with van der Waals surface area (Å²) in [4.78, 5) is 13.1. The van der Waals surface area contributed by atoms with Crippen LogP contribution in [0.4, 0.5) is 11.4 Å². The maximum absolute atomic E-state index is 14.0. The number of methoxy groups -OCH3 is 1. The van der Waals surface area contributed by atoms with Gasteiger partial charge in [0.05, 0.1) is 40.9 Å². The molecular formula is C29H35N3O6S2. The lowest BCUT2D eigenvalue weighted by atomic mass is 10.0. The van der Waals surface area contributed by atoms with Gasteiger partial charge in [-0.2, -0.15) is 4.31 Å². The van der Waals surface area contributed by atoms with E-state index in [1.807, 2.05) is 13.8 Å².